The van der Waals surface area contributed by atoms with Crippen molar-refractivity contribution in [2.75, 3.05) is 16.8 Å². The molecule has 3 heterocycles. The van der Waals surface area contributed by atoms with Gasteiger partial charge in [-0.15, -0.1) is 0 Å². The summed E-state index contributed by atoms with van der Waals surface area (Å²) in [5.74, 6) is 0.809. The first kappa shape index (κ1) is 21.3. The topological polar surface area (TPSA) is 119 Å². The molecule has 2 N–H and O–H groups in total. The highest BCUT2D eigenvalue weighted by molar-refractivity contribution is 7.91. The number of nitrogens with one attached hydrogen (secondary N) is 2. The SMILES string of the molecule is Cc1cnc(NC2CCS(=O)(=O)C2)nc1-n1cnc(C(=O)NCc2cccc(Cl)c2)c1. The molecule has 3 aromatic rings. The molecule has 1 amide bonds. The number of benzene rings is 1. The normalized spacial score (nSPS) is 17.4. The summed E-state index contributed by atoms with van der Waals surface area (Å²) in [6.07, 6.45) is 5.27. The lowest BCUT2D eigenvalue weighted by molar-refractivity contribution is 0.0946. The molecule has 1 fully saturated rings. The Bertz CT molecular complexity index is 1230. The maximum Gasteiger partial charge on any atom is 0.271 e. The molecule has 0 saturated carbocycles. The number of halogens is 1. The van der Waals surface area contributed by atoms with Gasteiger partial charge in [0.25, 0.3) is 5.91 Å². The summed E-state index contributed by atoms with van der Waals surface area (Å²) in [6, 6.07) is 7.04. The fourth-order valence-electron chi connectivity index (χ4n) is 3.33. The van der Waals surface area contributed by atoms with Crippen molar-refractivity contribution in [3.8, 4) is 5.82 Å². The molecule has 1 saturated heterocycles. The van der Waals surface area contributed by atoms with Crippen LogP contribution in [0.1, 0.15) is 28.0 Å². The lowest BCUT2D eigenvalue weighted by atomic mass is 10.2. The largest absolute Gasteiger partial charge is 0.350 e. The molecule has 9 nitrogen and oxygen atoms in total. The minimum Gasteiger partial charge on any atom is -0.350 e. The van der Waals surface area contributed by atoms with E-state index in [9.17, 15) is 13.2 Å². The summed E-state index contributed by atoms with van der Waals surface area (Å²) >= 11 is 5.97. The van der Waals surface area contributed by atoms with Gasteiger partial charge in [0.05, 0.1) is 11.5 Å². The molecule has 1 aliphatic heterocycles. The first-order valence-corrected chi connectivity index (χ1v) is 11.9. The van der Waals surface area contributed by atoms with E-state index in [0.29, 0.717) is 29.8 Å². The van der Waals surface area contributed by atoms with Gasteiger partial charge in [-0.1, -0.05) is 23.7 Å². The van der Waals surface area contributed by atoms with E-state index in [4.69, 9.17) is 11.6 Å². The van der Waals surface area contributed by atoms with Gasteiger partial charge in [0.2, 0.25) is 5.95 Å². The summed E-state index contributed by atoms with van der Waals surface area (Å²) in [6.45, 7) is 2.18. The smallest absolute Gasteiger partial charge is 0.271 e. The van der Waals surface area contributed by atoms with Crippen molar-refractivity contribution < 1.29 is 13.2 Å². The fourth-order valence-corrected chi connectivity index (χ4v) is 5.22. The quantitative estimate of drug-likeness (QED) is 0.578. The number of amides is 1. The zero-order valence-corrected chi connectivity index (χ0v) is 18.3. The molecule has 0 bridgehead atoms. The lowest BCUT2D eigenvalue weighted by Crippen LogP contribution is -2.23. The number of carbonyl (C=O) groups is 1. The van der Waals surface area contributed by atoms with Crippen LogP contribution in [0, 0.1) is 6.92 Å². The molecule has 1 unspecified atom stereocenters. The van der Waals surface area contributed by atoms with Crippen LogP contribution >= 0.6 is 11.6 Å². The van der Waals surface area contributed by atoms with E-state index in [1.165, 1.54) is 6.33 Å². The summed E-state index contributed by atoms with van der Waals surface area (Å²) < 4.78 is 25.0. The predicted molar refractivity (Wildman–Crippen MR) is 117 cm³/mol. The van der Waals surface area contributed by atoms with Gasteiger partial charge in [-0.2, -0.15) is 4.98 Å². The third-order valence-electron chi connectivity index (χ3n) is 4.91. The summed E-state index contributed by atoms with van der Waals surface area (Å²) in [5.41, 5.74) is 1.92. The number of sulfone groups is 1. The van der Waals surface area contributed by atoms with E-state index in [2.05, 4.69) is 25.6 Å². The van der Waals surface area contributed by atoms with Crippen LogP contribution in [0.25, 0.3) is 5.82 Å². The van der Waals surface area contributed by atoms with Crippen molar-refractivity contribution in [2.24, 2.45) is 0 Å². The van der Waals surface area contributed by atoms with E-state index >= 15 is 0 Å². The van der Waals surface area contributed by atoms with E-state index in [1.807, 2.05) is 19.1 Å². The van der Waals surface area contributed by atoms with Gasteiger partial charge < -0.3 is 10.6 Å². The van der Waals surface area contributed by atoms with Crippen molar-refractivity contribution in [1.82, 2.24) is 24.8 Å². The molecule has 162 valence electrons. The monoisotopic (exact) mass is 460 g/mol. The summed E-state index contributed by atoms with van der Waals surface area (Å²) in [7, 11) is -3.01. The Kier molecular flexibility index (Phi) is 5.92. The lowest BCUT2D eigenvalue weighted by Gasteiger charge is -2.12. The number of hydrogen-bond acceptors (Lipinski definition) is 7. The van der Waals surface area contributed by atoms with E-state index in [-0.39, 0.29) is 29.1 Å². The maximum absolute atomic E-state index is 12.5. The number of aryl methyl sites for hydroxylation is 1. The van der Waals surface area contributed by atoms with Crippen LogP contribution in [-0.4, -0.2) is 51.4 Å². The van der Waals surface area contributed by atoms with Crippen LogP contribution in [0.2, 0.25) is 5.02 Å². The predicted octanol–water partition coefficient (Wildman–Crippen LogP) is 2.15. The van der Waals surface area contributed by atoms with Crippen molar-refractivity contribution in [2.45, 2.75) is 25.9 Å². The second-order valence-electron chi connectivity index (χ2n) is 7.42. The van der Waals surface area contributed by atoms with Gasteiger partial charge in [-0.05, 0) is 31.0 Å². The van der Waals surface area contributed by atoms with Crippen LogP contribution in [0.15, 0.2) is 43.0 Å². The average molecular weight is 461 g/mol. The number of hydrogen-bond donors (Lipinski definition) is 2. The van der Waals surface area contributed by atoms with Crippen LogP contribution in [0.4, 0.5) is 5.95 Å². The van der Waals surface area contributed by atoms with Gasteiger partial charge in [0.1, 0.15) is 17.8 Å². The highest BCUT2D eigenvalue weighted by Crippen LogP contribution is 2.18. The molecule has 1 aromatic carbocycles. The van der Waals surface area contributed by atoms with E-state index in [1.54, 1.807) is 29.1 Å². The van der Waals surface area contributed by atoms with Crippen LogP contribution in [-0.2, 0) is 16.4 Å². The van der Waals surface area contributed by atoms with Crippen molar-refractivity contribution in [1.29, 1.82) is 0 Å². The number of rotatable bonds is 6. The van der Waals surface area contributed by atoms with Crippen molar-refractivity contribution >= 4 is 33.3 Å². The van der Waals surface area contributed by atoms with Gasteiger partial charge in [-0.3, -0.25) is 9.36 Å². The number of imidazole rings is 1. The Hall–Kier alpha value is -2.98. The maximum atomic E-state index is 12.5. The Morgan fingerprint density at radius 2 is 2.16 bits per heavy atom. The zero-order chi connectivity index (χ0) is 22.0. The average Bonchev–Trinajstić information content (AvgIpc) is 3.34. The molecule has 31 heavy (non-hydrogen) atoms. The van der Waals surface area contributed by atoms with Crippen LogP contribution in [0.3, 0.4) is 0 Å². The third kappa shape index (κ3) is 5.20. The van der Waals surface area contributed by atoms with Gasteiger partial charge in [0, 0.05) is 35.6 Å². The molecule has 11 heteroatoms. The first-order valence-electron chi connectivity index (χ1n) is 9.67. The van der Waals surface area contributed by atoms with Gasteiger partial charge in [-0.25, -0.2) is 18.4 Å². The van der Waals surface area contributed by atoms with Crippen molar-refractivity contribution in [3.63, 3.8) is 0 Å². The third-order valence-corrected chi connectivity index (χ3v) is 6.92. The van der Waals surface area contributed by atoms with Crippen LogP contribution in [0.5, 0.6) is 0 Å². The standard InChI is InChI=1S/C20H21ClN6O3S/c1-13-8-23-20(25-16-5-6-31(29,30)11-16)26-18(13)27-10-17(24-12-27)19(28)22-9-14-3-2-4-15(21)7-14/h2-4,7-8,10,12,16H,5-6,9,11H2,1H3,(H,22,28)(H,23,25,26). The Morgan fingerprint density at radius 3 is 2.90 bits per heavy atom. The Labute approximate surface area is 184 Å². The minimum absolute atomic E-state index is 0.0710. The van der Waals surface area contributed by atoms with Gasteiger partial charge in [0.15, 0.2) is 9.84 Å². The number of anilines is 1. The van der Waals surface area contributed by atoms with Crippen molar-refractivity contribution in [3.05, 3.63) is 64.8 Å². The number of carbonyl (C=O) groups excluding carboxylic acids is 1. The second kappa shape index (κ2) is 8.64. The molecule has 1 atom stereocenters. The molecule has 2 aromatic heterocycles. The molecule has 0 aliphatic carbocycles. The van der Waals surface area contributed by atoms with Gasteiger partial charge >= 0.3 is 0 Å². The Balaban J connectivity index is 1.46. The highest BCUT2D eigenvalue weighted by atomic mass is 35.5. The molecule has 0 spiro atoms. The zero-order valence-electron chi connectivity index (χ0n) is 16.7. The molecule has 1 aliphatic rings. The second-order valence-corrected chi connectivity index (χ2v) is 10.1. The van der Waals surface area contributed by atoms with Crippen LogP contribution < -0.4 is 10.6 Å². The summed E-state index contributed by atoms with van der Waals surface area (Å²) in [4.78, 5) is 25.4. The molecule has 4 rings (SSSR count). The van der Waals surface area contributed by atoms with E-state index in [0.717, 1.165) is 11.1 Å². The Morgan fingerprint density at radius 1 is 1.32 bits per heavy atom. The molecular formula is C20H21ClN6O3S. The number of aromatic nitrogens is 4. The highest BCUT2D eigenvalue weighted by Gasteiger charge is 2.28. The first-order chi connectivity index (χ1) is 14.8. The minimum atomic E-state index is -3.01. The molecule has 0 radical (unpaired) electrons. The van der Waals surface area contributed by atoms with E-state index < -0.39 is 9.84 Å². The number of nitrogens with zero attached hydrogens (tertiary/aromatic N) is 4. The fraction of sp³-hybridized carbons (Fsp3) is 0.300. The summed E-state index contributed by atoms with van der Waals surface area (Å²) in [5, 5.41) is 6.50. The molecular weight excluding hydrogens is 440 g/mol.